The predicted molar refractivity (Wildman–Crippen MR) is 151 cm³/mol. The molecule has 2 heteroatoms. The second-order valence-corrected chi connectivity index (χ2v) is 12.0. The standard InChI is InChI=1S/C34H36NO/c1-20(2)29-19-35(7)30(15-22(29)4)31-21(3)11-14-28-27-10-8-9-26(32(27)36-33(28)31)23-12-13-24-17-34(5,6)18-25(24)16-23/h8-16,19-20H,17-18H2,1-7H3/q+1. The Labute approximate surface area is 214 Å². The summed E-state index contributed by atoms with van der Waals surface area (Å²) in [6, 6.07) is 20.4. The maximum Gasteiger partial charge on any atom is 0.216 e. The molecule has 0 unspecified atom stereocenters. The third-order valence-corrected chi connectivity index (χ3v) is 8.13. The summed E-state index contributed by atoms with van der Waals surface area (Å²) in [4.78, 5) is 0. The summed E-state index contributed by atoms with van der Waals surface area (Å²) in [6.45, 7) is 13.7. The fourth-order valence-electron chi connectivity index (χ4n) is 6.35. The molecule has 2 heterocycles. The van der Waals surface area contributed by atoms with Crippen LogP contribution in [0.2, 0.25) is 0 Å². The van der Waals surface area contributed by atoms with Gasteiger partial charge in [-0.05, 0) is 65.8 Å². The summed E-state index contributed by atoms with van der Waals surface area (Å²) in [6.07, 6.45) is 4.58. The summed E-state index contributed by atoms with van der Waals surface area (Å²) >= 11 is 0. The van der Waals surface area contributed by atoms with E-state index in [-0.39, 0.29) is 0 Å². The van der Waals surface area contributed by atoms with Gasteiger partial charge in [-0.25, -0.2) is 4.57 Å². The minimum atomic E-state index is 0.345. The van der Waals surface area contributed by atoms with Crippen molar-refractivity contribution in [2.45, 2.75) is 60.3 Å². The van der Waals surface area contributed by atoms with E-state index in [0.717, 1.165) is 24.0 Å². The van der Waals surface area contributed by atoms with Crippen LogP contribution in [0.25, 0.3) is 44.3 Å². The van der Waals surface area contributed by atoms with Crippen molar-refractivity contribution in [3.8, 4) is 22.4 Å². The molecule has 0 saturated carbocycles. The lowest BCUT2D eigenvalue weighted by Crippen LogP contribution is -2.32. The fourth-order valence-corrected chi connectivity index (χ4v) is 6.35. The highest BCUT2D eigenvalue weighted by Gasteiger charge is 2.29. The van der Waals surface area contributed by atoms with Crippen LogP contribution < -0.4 is 4.57 Å². The van der Waals surface area contributed by atoms with Crippen molar-refractivity contribution in [1.29, 1.82) is 0 Å². The van der Waals surface area contributed by atoms with E-state index < -0.39 is 0 Å². The lowest BCUT2D eigenvalue weighted by atomic mass is 9.90. The second kappa shape index (κ2) is 8.06. The molecule has 36 heavy (non-hydrogen) atoms. The van der Waals surface area contributed by atoms with Crippen molar-refractivity contribution < 1.29 is 8.98 Å². The summed E-state index contributed by atoms with van der Waals surface area (Å²) < 4.78 is 9.09. The second-order valence-electron chi connectivity index (χ2n) is 12.0. The van der Waals surface area contributed by atoms with Gasteiger partial charge < -0.3 is 4.42 Å². The molecule has 0 spiro atoms. The first-order valence-electron chi connectivity index (χ1n) is 13.2. The van der Waals surface area contributed by atoms with Crippen molar-refractivity contribution in [3.63, 3.8) is 0 Å². The van der Waals surface area contributed by atoms with Crippen molar-refractivity contribution in [2.75, 3.05) is 0 Å². The summed E-state index contributed by atoms with van der Waals surface area (Å²) in [5.74, 6) is 0.494. The van der Waals surface area contributed by atoms with Gasteiger partial charge in [0.1, 0.15) is 18.2 Å². The molecule has 2 nitrogen and oxygen atoms in total. The molecule has 0 aliphatic heterocycles. The van der Waals surface area contributed by atoms with Gasteiger partial charge >= 0.3 is 0 Å². The largest absolute Gasteiger partial charge is 0.454 e. The molecular formula is C34H36NO+. The highest BCUT2D eigenvalue weighted by molar-refractivity contribution is 6.13. The molecule has 0 atom stereocenters. The predicted octanol–water partition coefficient (Wildman–Crippen LogP) is 8.61. The highest BCUT2D eigenvalue weighted by atomic mass is 16.3. The van der Waals surface area contributed by atoms with Crippen LogP contribution in [0.15, 0.2) is 65.2 Å². The van der Waals surface area contributed by atoms with Crippen LogP contribution >= 0.6 is 0 Å². The number of hydrogen-bond acceptors (Lipinski definition) is 1. The zero-order valence-corrected chi connectivity index (χ0v) is 22.6. The third-order valence-electron chi connectivity index (χ3n) is 8.13. The van der Waals surface area contributed by atoms with Crippen LogP contribution in [0.1, 0.15) is 61.4 Å². The van der Waals surface area contributed by atoms with Gasteiger partial charge in [0.2, 0.25) is 5.69 Å². The molecule has 0 bridgehead atoms. The highest BCUT2D eigenvalue weighted by Crippen LogP contribution is 2.43. The third kappa shape index (κ3) is 3.58. The van der Waals surface area contributed by atoms with Gasteiger partial charge in [0.15, 0.2) is 6.20 Å². The van der Waals surface area contributed by atoms with Crippen molar-refractivity contribution in [1.82, 2.24) is 0 Å². The number of para-hydroxylation sites is 1. The van der Waals surface area contributed by atoms with Crippen molar-refractivity contribution in [3.05, 3.63) is 88.6 Å². The first-order valence-corrected chi connectivity index (χ1v) is 13.2. The van der Waals surface area contributed by atoms with Gasteiger partial charge in [-0.15, -0.1) is 0 Å². The average molecular weight is 475 g/mol. The number of pyridine rings is 1. The lowest BCUT2D eigenvalue weighted by Gasteiger charge is -2.14. The molecule has 3 aromatic carbocycles. The number of hydrogen-bond donors (Lipinski definition) is 0. The zero-order valence-electron chi connectivity index (χ0n) is 22.6. The number of furan rings is 1. The Kier molecular flexibility index (Phi) is 5.16. The summed E-state index contributed by atoms with van der Waals surface area (Å²) in [5.41, 5.74) is 14.0. The molecule has 0 radical (unpaired) electrons. The Morgan fingerprint density at radius 3 is 2.36 bits per heavy atom. The molecular weight excluding hydrogens is 438 g/mol. The van der Waals surface area contributed by atoms with Crippen molar-refractivity contribution in [2.24, 2.45) is 12.5 Å². The Hall–Kier alpha value is -3.39. The topological polar surface area (TPSA) is 17.0 Å². The minimum absolute atomic E-state index is 0.345. The molecule has 0 amide bonds. The van der Waals surface area contributed by atoms with Gasteiger partial charge in [0.25, 0.3) is 0 Å². The smallest absolute Gasteiger partial charge is 0.216 e. The van der Waals surface area contributed by atoms with Crippen LogP contribution in [-0.4, -0.2) is 0 Å². The van der Waals surface area contributed by atoms with Gasteiger partial charge in [0.05, 0.1) is 5.56 Å². The number of rotatable bonds is 3. The van der Waals surface area contributed by atoms with E-state index in [9.17, 15) is 0 Å². The first-order chi connectivity index (χ1) is 17.1. The van der Waals surface area contributed by atoms with E-state index in [2.05, 4.69) is 114 Å². The normalized spacial score (nSPS) is 14.8. The van der Waals surface area contributed by atoms with E-state index in [1.165, 1.54) is 61.0 Å². The quantitative estimate of drug-likeness (QED) is 0.239. The molecule has 1 aliphatic carbocycles. The molecule has 0 N–H and O–H groups in total. The van der Waals surface area contributed by atoms with Crippen LogP contribution in [0, 0.1) is 19.3 Å². The Morgan fingerprint density at radius 2 is 1.58 bits per heavy atom. The fraction of sp³-hybridized carbons (Fsp3) is 0.324. The maximum atomic E-state index is 6.82. The Bertz CT molecular complexity index is 1660. The molecule has 0 saturated heterocycles. The van der Waals surface area contributed by atoms with Gasteiger partial charge in [-0.2, -0.15) is 0 Å². The van der Waals surface area contributed by atoms with Crippen LogP contribution in [0.5, 0.6) is 0 Å². The first kappa shape index (κ1) is 23.0. The van der Waals surface area contributed by atoms with Gasteiger partial charge in [-0.1, -0.05) is 76.2 Å². The van der Waals surface area contributed by atoms with Crippen LogP contribution in [0.4, 0.5) is 0 Å². The van der Waals surface area contributed by atoms with Crippen LogP contribution in [0.3, 0.4) is 0 Å². The number of nitrogens with zero attached hydrogens (tertiary/aromatic N) is 1. The molecule has 5 aromatic rings. The SMILES string of the molecule is Cc1cc(-c2c(C)ccc3c2oc2c(-c4ccc5c(c4)CC(C)(C)C5)cccc23)[n+](C)cc1C(C)C. The minimum Gasteiger partial charge on any atom is -0.454 e. The molecule has 1 aliphatic rings. The Balaban J connectivity index is 1.58. The monoisotopic (exact) mass is 474 g/mol. The number of fused-ring (bicyclic) bond motifs is 4. The Morgan fingerprint density at radius 1 is 0.833 bits per heavy atom. The lowest BCUT2D eigenvalue weighted by molar-refractivity contribution is -0.660. The molecule has 0 fully saturated rings. The van der Waals surface area contributed by atoms with E-state index in [1.807, 2.05) is 0 Å². The molecule has 6 rings (SSSR count). The van der Waals surface area contributed by atoms with E-state index >= 15 is 0 Å². The summed E-state index contributed by atoms with van der Waals surface area (Å²) in [7, 11) is 2.15. The molecule has 2 aromatic heterocycles. The van der Waals surface area contributed by atoms with Crippen molar-refractivity contribution >= 4 is 21.9 Å². The van der Waals surface area contributed by atoms with Crippen LogP contribution in [-0.2, 0) is 19.9 Å². The van der Waals surface area contributed by atoms with E-state index in [1.54, 1.807) is 0 Å². The zero-order chi connectivity index (χ0) is 25.4. The van der Waals surface area contributed by atoms with Gasteiger partial charge in [0, 0.05) is 28.0 Å². The van der Waals surface area contributed by atoms with E-state index in [0.29, 0.717) is 11.3 Å². The maximum absolute atomic E-state index is 6.82. The summed E-state index contributed by atoms with van der Waals surface area (Å²) in [5, 5.41) is 2.36. The van der Waals surface area contributed by atoms with E-state index in [4.69, 9.17) is 4.42 Å². The number of aromatic nitrogens is 1. The average Bonchev–Trinajstić information content (AvgIpc) is 3.35. The van der Waals surface area contributed by atoms with Gasteiger partial charge in [-0.3, -0.25) is 0 Å². The number of benzene rings is 3. The number of aryl methyl sites for hydroxylation is 3. The molecule has 182 valence electrons.